The maximum Gasteiger partial charge on any atom is 0.238 e. The van der Waals surface area contributed by atoms with Crippen LogP contribution in [0.4, 0.5) is 5.69 Å². The van der Waals surface area contributed by atoms with E-state index >= 15 is 0 Å². The number of terminal acetylenes is 1. The molecule has 1 amide bonds. The minimum atomic E-state index is -0.231. The van der Waals surface area contributed by atoms with E-state index in [0.717, 1.165) is 11.3 Å². The molecule has 128 valence electrons. The smallest absolute Gasteiger partial charge is 0.238 e. The first kappa shape index (κ1) is 18.3. The van der Waals surface area contributed by atoms with Gasteiger partial charge >= 0.3 is 0 Å². The van der Waals surface area contributed by atoms with Gasteiger partial charge in [0.25, 0.3) is 0 Å². The van der Waals surface area contributed by atoms with Crippen LogP contribution in [0.1, 0.15) is 10.9 Å². The summed E-state index contributed by atoms with van der Waals surface area (Å²) in [6.45, 7) is 0.0757. The molecule has 1 aliphatic heterocycles. The van der Waals surface area contributed by atoms with E-state index in [1.54, 1.807) is 29.2 Å². The highest BCUT2D eigenvalue weighted by Gasteiger charge is 2.34. The lowest BCUT2D eigenvalue weighted by Gasteiger charge is -2.25. The molecular formula is C18H12Cl3NO2S. The summed E-state index contributed by atoms with van der Waals surface area (Å²) in [6.07, 6.45) is 5.20. The van der Waals surface area contributed by atoms with Crippen molar-refractivity contribution in [3.05, 3.63) is 57.0 Å². The van der Waals surface area contributed by atoms with Gasteiger partial charge in [0.1, 0.15) is 12.0 Å². The van der Waals surface area contributed by atoms with Gasteiger partial charge < -0.3 is 4.74 Å². The van der Waals surface area contributed by atoms with Gasteiger partial charge in [-0.05, 0) is 42.0 Å². The van der Waals surface area contributed by atoms with Crippen molar-refractivity contribution in [2.45, 2.75) is 5.37 Å². The zero-order valence-corrected chi connectivity index (χ0v) is 15.9. The summed E-state index contributed by atoms with van der Waals surface area (Å²) < 4.78 is 5.38. The lowest BCUT2D eigenvalue weighted by Crippen LogP contribution is -2.27. The molecule has 7 heteroatoms. The number of ether oxygens (including phenoxy) is 1. The predicted molar refractivity (Wildman–Crippen MR) is 105 cm³/mol. The Bertz CT molecular complexity index is 825. The number of nitrogens with zero attached hydrogens (tertiary/aromatic N) is 1. The zero-order chi connectivity index (χ0) is 18.0. The number of rotatable bonds is 4. The Morgan fingerprint density at radius 1 is 1.20 bits per heavy atom. The molecule has 1 atom stereocenters. The van der Waals surface area contributed by atoms with E-state index in [1.807, 2.05) is 12.1 Å². The number of anilines is 1. The molecule has 3 rings (SSSR count). The van der Waals surface area contributed by atoms with Crippen molar-refractivity contribution in [2.24, 2.45) is 0 Å². The van der Waals surface area contributed by atoms with E-state index < -0.39 is 0 Å². The van der Waals surface area contributed by atoms with E-state index in [4.69, 9.17) is 46.0 Å². The van der Waals surface area contributed by atoms with Crippen molar-refractivity contribution in [3.8, 4) is 18.1 Å². The number of thioether (sulfide) groups is 1. The molecule has 0 radical (unpaired) electrons. The Hall–Kier alpha value is -1.51. The molecule has 0 saturated carbocycles. The maximum absolute atomic E-state index is 12.4. The first-order chi connectivity index (χ1) is 12.0. The first-order valence-electron chi connectivity index (χ1n) is 7.25. The van der Waals surface area contributed by atoms with Crippen LogP contribution in [0, 0.1) is 12.3 Å². The first-order valence-corrected chi connectivity index (χ1v) is 9.44. The molecular weight excluding hydrogens is 401 g/mol. The van der Waals surface area contributed by atoms with Gasteiger partial charge in [-0.3, -0.25) is 9.69 Å². The molecule has 0 aliphatic carbocycles. The lowest BCUT2D eigenvalue weighted by atomic mass is 10.1. The summed E-state index contributed by atoms with van der Waals surface area (Å²) in [5.74, 6) is 3.10. The van der Waals surface area contributed by atoms with Gasteiger partial charge in [-0.25, -0.2) is 0 Å². The Labute approximate surface area is 165 Å². The Morgan fingerprint density at radius 3 is 2.44 bits per heavy atom. The van der Waals surface area contributed by atoms with Crippen LogP contribution in [0.25, 0.3) is 0 Å². The van der Waals surface area contributed by atoms with Gasteiger partial charge in [-0.1, -0.05) is 40.7 Å². The summed E-state index contributed by atoms with van der Waals surface area (Å²) in [5.41, 5.74) is 1.58. The van der Waals surface area contributed by atoms with E-state index in [9.17, 15) is 4.79 Å². The fourth-order valence-electron chi connectivity index (χ4n) is 2.53. The van der Waals surface area contributed by atoms with Crippen molar-refractivity contribution in [3.63, 3.8) is 0 Å². The molecule has 2 aromatic carbocycles. The van der Waals surface area contributed by atoms with Gasteiger partial charge in [0, 0.05) is 10.7 Å². The molecule has 0 aromatic heterocycles. The van der Waals surface area contributed by atoms with Crippen LogP contribution >= 0.6 is 46.6 Å². The largest absolute Gasteiger partial charge is 0.478 e. The van der Waals surface area contributed by atoms with Crippen LogP contribution in [0.3, 0.4) is 0 Å². The Balaban J connectivity index is 1.96. The standard InChI is InChI=1S/C18H12Cl3NO2S/c1-2-7-24-17-14(20)8-11(9-15(17)21)18-22(16(23)10-25-18)13-5-3-12(19)4-6-13/h1,3-6,8-9,18H,7,10H2/t18-/m0/s1. The highest BCUT2D eigenvalue weighted by Crippen LogP contribution is 2.45. The number of halogens is 3. The van der Waals surface area contributed by atoms with Crippen LogP contribution in [-0.2, 0) is 4.79 Å². The number of hydrogen-bond donors (Lipinski definition) is 0. The summed E-state index contributed by atoms with van der Waals surface area (Å²) in [4.78, 5) is 14.1. The van der Waals surface area contributed by atoms with Crippen molar-refractivity contribution in [1.29, 1.82) is 0 Å². The number of carbonyl (C=O) groups excluding carboxylic acids is 1. The SMILES string of the molecule is C#CCOc1c(Cl)cc([C@@H]2SCC(=O)N2c2ccc(Cl)cc2)cc1Cl. The van der Waals surface area contributed by atoms with Gasteiger partial charge in [-0.2, -0.15) is 0 Å². The lowest BCUT2D eigenvalue weighted by molar-refractivity contribution is -0.115. The normalized spacial score (nSPS) is 16.8. The van der Waals surface area contributed by atoms with Crippen molar-refractivity contribution in [2.75, 3.05) is 17.3 Å². The fraction of sp³-hybridized carbons (Fsp3) is 0.167. The minimum Gasteiger partial charge on any atom is -0.478 e. The second-order valence-electron chi connectivity index (χ2n) is 5.21. The van der Waals surface area contributed by atoms with E-state index in [1.165, 1.54) is 11.8 Å². The van der Waals surface area contributed by atoms with Gasteiger partial charge in [0.15, 0.2) is 5.75 Å². The average molecular weight is 413 g/mol. The van der Waals surface area contributed by atoms with Gasteiger partial charge in [0.05, 0.1) is 15.8 Å². The van der Waals surface area contributed by atoms with Crippen LogP contribution < -0.4 is 9.64 Å². The van der Waals surface area contributed by atoms with Crippen LogP contribution in [0.15, 0.2) is 36.4 Å². The molecule has 1 fully saturated rings. The summed E-state index contributed by atoms with van der Waals surface area (Å²) in [6, 6.07) is 10.6. The highest BCUT2D eigenvalue weighted by atomic mass is 35.5. The number of carbonyl (C=O) groups is 1. The average Bonchev–Trinajstić information content (AvgIpc) is 2.96. The Kier molecular flexibility index (Phi) is 5.71. The van der Waals surface area contributed by atoms with Crippen molar-refractivity contribution < 1.29 is 9.53 Å². The Morgan fingerprint density at radius 2 is 1.84 bits per heavy atom. The molecule has 2 aromatic rings. The quantitative estimate of drug-likeness (QED) is 0.626. The molecule has 0 N–H and O–H groups in total. The van der Waals surface area contributed by atoms with Crippen molar-refractivity contribution in [1.82, 2.24) is 0 Å². The third kappa shape index (κ3) is 3.86. The molecule has 1 heterocycles. The fourth-order valence-corrected chi connectivity index (χ4v) is 4.42. The van der Waals surface area contributed by atoms with E-state index in [0.29, 0.717) is 26.6 Å². The summed E-state index contributed by atoms with van der Waals surface area (Å²) in [7, 11) is 0. The van der Waals surface area contributed by atoms with Crippen LogP contribution in [0.2, 0.25) is 15.1 Å². The number of hydrogen-bond acceptors (Lipinski definition) is 3. The van der Waals surface area contributed by atoms with Gasteiger partial charge in [0.2, 0.25) is 5.91 Å². The molecule has 0 unspecified atom stereocenters. The molecule has 1 aliphatic rings. The number of benzene rings is 2. The topological polar surface area (TPSA) is 29.5 Å². The summed E-state index contributed by atoms with van der Waals surface area (Å²) in [5, 5.41) is 1.09. The summed E-state index contributed by atoms with van der Waals surface area (Å²) >= 11 is 20.0. The van der Waals surface area contributed by atoms with Crippen LogP contribution in [-0.4, -0.2) is 18.3 Å². The van der Waals surface area contributed by atoms with Crippen molar-refractivity contribution >= 4 is 58.2 Å². The number of amides is 1. The molecule has 25 heavy (non-hydrogen) atoms. The van der Waals surface area contributed by atoms with E-state index in [2.05, 4.69) is 5.92 Å². The molecule has 0 spiro atoms. The zero-order valence-electron chi connectivity index (χ0n) is 12.8. The second-order valence-corrected chi connectivity index (χ2v) is 7.53. The third-order valence-corrected chi connectivity index (χ3v) is 5.60. The van der Waals surface area contributed by atoms with Crippen LogP contribution in [0.5, 0.6) is 5.75 Å². The molecule has 1 saturated heterocycles. The minimum absolute atomic E-state index is 0.0113. The van der Waals surface area contributed by atoms with Gasteiger partial charge in [-0.15, -0.1) is 18.2 Å². The maximum atomic E-state index is 12.4. The third-order valence-electron chi connectivity index (χ3n) is 3.58. The highest BCUT2D eigenvalue weighted by molar-refractivity contribution is 8.00. The molecule has 0 bridgehead atoms. The van der Waals surface area contributed by atoms with E-state index in [-0.39, 0.29) is 17.9 Å². The monoisotopic (exact) mass is 411 g/mol. The molecule has 3 nitrogen and oxygen atoms in total. The second kappa shape index (κ2) is 7.80. The predicted octanol–water partition coefficient (Wildman–Crippen LogP) is 5.44.